The number of pyridine rings is 1. The molecule has 7 nitrogen and oxygen atoms in total. The fourth-order valence-corrected chi connectivity index (χ4v) is 5.59. The van der Waals surface area contributed by atoms with Gasteiger partial charge in [-0.25, -0.2) is 9.97 Å². The van der Waals surface area contributed by atoms with Crippen LogP contribution in [0.15, 0.2) is 24.8 Å². The van der Waals surface area contributed by atoms with E-state index in [9.17, 15) is 4.79 Å². The van der Waals surface area contributed by atoms with E-state index in [1.165, 1.54) is 25.7 Å². The Labute approximate surface area is 170 Å². The van der Waals surface area contributed by atoms with E-state index in [-0.39, 0.29) is 6.04 Å². The zero-order chi connectivity index (χ0) is 19.4. The van der Waals surface area contributed by atoms with Crippen molar-refractivity contribution >= 4 is 28.0 Å². The van der Waals surface area contributed by atoms with Crippen LogP contribution in [0.4, 0.5) is 0 Å². The molecule has 3 fully saturated rings. The van der Waals surface area contributed by atoms with Gasteiger partial charge in [0.15, 0.2) is 0 Å². The highest BCUT2D eigenvalue weighted by Crippen LogP contribution is 2.34. The number of aromatic nitrogens is 4. The monoisotopic (exact) mass is 392 g/mol. The molecule has 1 saturated carbocycles. The Morgan fingerprint density at radius 2 is 1.86 bits per heavy atom. The third-order valence-electron chi connectivity index (χ3n) is 7.41. The average molecular weight is 393 g/mol. The van der Waals surface area contributed by atoms with Gasteiger partial charge in [0, 0.05) is 36.8 Å². The number of imidazole rings is 1. The molecule has 1 atom stereocenters. The van der Waals surface area contributed by atoms with Crippen molar-refractivity contribution in [3.63, 3.8) is 0 Å². The molecule has 2 aliphatic heterocycles. The number of hydrogen-bond donors (Lipinski definition) is 1. The number of likely N-dealkylation sites (tertiary alicyclic amines) is 2. The van der Waals surface area contributed by atoms with Crippen LogP contribution in [0.2, 0.25) is 0 Å². The number of piperidine rings is 1. The Morgan fingerprint density at radius 3 is 2.66 bits per heavy atom. The molecule has 29 heavy (non-hydrogen) atoms. The first-order valence-electron chi connectivity index (χ1n) is 11.1. The Hall–Kier alpha value is -2.41. The molecule has 3 aliphatic rings. The number of nitrogens with zero attached hydrogens (tertiary/aromatic N) is 5. The molecule has 1 amide bonds. The topological polar surface area (TPSA) is 70.1 Å². The minimum atomic E-state index is 0.136. The summed E-state index contributed by atoms with van der Waals surface area (Å²) in [4.78, 5) is 30.1. The molecule has 0 aromatic carbocycles. The summed E-state index contributed by atoms with van der Waals surface area (Å²) in [5, 5.41) is 1.13. The summed E-state index contributed by atoms with van der Waals surface area (Å²) in [6.07, 6.45) is 13.8. The van der Waals surface area contributed by atoms with Crippen LogP contribution in [0.5, 0.6) is 0 Å². The second kappa shape index (κ2) is 6.83. The summed E-state index contributed by atoms with van der Waals surface area (Å²) in [5.41, 5.74) is 3.01. The van der Waals surface area contributed by atoms with Gasteiger partial charge in [0.05, 0.1) is 24.1 Å². The summed E-state index contributed by atoms with van der Waals surface area (Å²) < 4.78 is 2.31. The predicted octanol–water partition coefficient (Wildman–Crippen LogP) is 3.09. The minimum absolute atomic E-state index is 0.136. The van der Waals surface area contributed by atoms with Gasteiger partial charge < -0.3 is 14.5 Å². The van der Waals surface area contributed by atoms with Crippen molar-refractivity contribution in [2.24, 2.45) is 0 Å². The number of hydrogen-bond acceptors (Lipinski definition) is 4. The van der Waals surface area contributed by atoms with Crippen molar-refractivity contribution in [2.45, 2.75) is 63.1 Å². The van der Waals surface area contributed by atoms with Gasteiger partial charge in [0.2, 0.25) is 5.91 Å². The van der Waals surface area contributed by atoms with E-state index >= 15 is 0 Å². The number of carbonyl (C=O) groups is 1. The smallest absolute Gasteiger partial charge is 0.239 e. The van der Waals surface area contributed by atoms with Gasteiger partial charge in [-0.3, -0.25) is 9.69 Å². The second-order valence-electron chi connectivity index (χ2n) is 8.92. The highest BCUT2D eigenvalue weighted by Gasteiger charge is 2.40. The van der Waals surface area contributed by atoms with E-state index in [0.29, 0.717) is 18.0 Å². The molecule has 3 aromatic rings. The fraction of sp³-hybridized carbons (Fsp3) is 0.591. The van der Waals surface area contributed by atoms with Crippen molar-refractivity contribution < 1.29 is 4.79 Å². The van der Waals surface area contributed by atoms with Crippen LogP contribution < -0.4 is 0 Å². The second-order valence-corrected chi connectivity index (χ2v) is 8.92. The lowest BCUT2D eigenvalue weighted by molar-refractivity contribution is -0.138. The standard InChI is InChI=1S/C22H28N6O/c29-22(19-5-2-10-27(19)15-3-1-4-15)26-11-7-16(8-12-26)28-14-25-18-13-24-21-17(20(18)28)6-9-23-21/h6,9,13-16,19H,1-5,7-8,10-12H2,(H,23,24)/t19-/m0/s1. The summed E-state index contributed by atoms with van der Waals surface area (Å²) in [6.45, 7) is 2.80. The highest BCUT2D eigenvalue weighted by atomic mass is 16.2. The molecule has 2 saturated heterocycles. The Kier molecular flexibility index (Phi) is 4.11. The van der Waals surface area contributed by atoms with Crippen LogP contribution in [0.25, 0.3) is 22.1 Å². The van der Waals surface area contributed by atoms with E-state index in [1.807, 2.05) is 18.7 Å². The molecule has 0 bridgehead atoms. The lowest BCUT2D eigenvalue weighted by atomic mass is 9.91. The van der Waals surface area contributed by atoms with Crippen LogP contribution in [0.1, 0.15) is 51.0 Å². The number of carbonyl (C=O) groups excluding carboxylic acids is 1. The largest absolute Gasteiger partial charge is 0.346 e. The molecule has 6 rings (SSSR count). The normalized spacial score (nSPS) is 24.6. The van der Waals surface area contributed by atoms with Crippen LogP contribution in [-0.2, 0) is 4.79 Å². The van der Waals surface area contributed by atoms with Gasteiger partial charge in [0.1, 0.15) is 11.2 Å². The van der Waals surface area contributed by atoms with Gasteiger partial charge in [-0.2, -0.15) is 0 Å². The summed E-state index contributed by atoms with van der Waals surface area (Å²) in [7, 11) is 0. The van der Waals surface area contributed by atoms with E-state index < -0.39 is 0 Å². The first kappa shape index (κ1) is 17.4. The van der Waals surface area contributed by atoms with E-state index in [0.717, 1.165) is 61.0 Å². The minimum Gasteiger partial charge on any atom is -0.346 e. The van der Waals surface area contributed by atoms with Crippen LogP contribution in [-0.4, -0.2) is 66.9 Å². The molecule has 1 aliphatic carbocycles. The molecular formula is C22H28N6O. The molecule has 0 unspecified atom stereocenters. The lowest BCUT2D eigenvalue weighted by Crippen LogP contribution is -2.52. The summed E-state index contributed by atoms with van der Waals surface area (Å²) in [6, 6.07) is 3.27. The number of aromatic amines is 1. The van der Waals surface area contributed by atoms with Crippen molar-refractivity contribution in [1.29, 1.82) is 0 Å². The third kappa shape index (κ3) is 2.78. The fourth-order valence-electron chi connectivity index (χ4n) is 5.59. The van der Waals surface area contributed by atoms with Gasteiger partial charge in [-0.15, -0.1) is 0 Å². The Balaban J connectivity index is 1.18. The SMILES string of the molecule is O=C([C@@H]1CCCN1C1CCC1)N1CCC(n2cnc3cnc4[nH]ccc4c32)CC1. The number of fused-ring (bicyclic) bond motifs is 3. The average Bonchev–Trinajstić information content (AvgIpc) is 3.44. The Morgan fingerprint density at radius 1 is 1.00 bits per heavy atom. The van der Waals surface area contributed by atoms with E-state index in [2.05, 4.69) is 35.4 Å². The van der Waals surface area contributed by atoms with Crippen LogP contribution in [0, 0.1) is 0 Å². The number of amides is 1. The summed E-state index contributed by atoms with van der Waals surface area (Å²) in [5.74, 6) is 0.376. The van der Waals surface area contributed by atoms with Crippen molar-refractivity contribution in [3.8, 4) is 0 Å². The zero-order valence-electron chi connectivity index (χ0n) is 16.8. The van der Waals surface area contributed by atoms with Gasteiger partial charge in [0.25, 0.3) is 0 Å². The molecule has 7 heteroatoms. The molecule has 1 N–H and O–H groups in total. The van der Waals surface area contributed by atoms with E-state index in [1.54, 1.807) is 0 Å². The molecule has 0 radical (unpaired) electrons. The summed E-state index contributed by atoms with van der Waals surface area (Å²) >= 11 is 0. The zero-order valence-corrected chi connectivity index (χ0v) is 16.8. The van der Waals surface area contributed by atoms with Crippen LogP contribution in [0.3, 0.4) is 0 Å². The maximum atomic E-state index is 13.3. The Bertz CT molecular complexity index is 1040. The van der Waals surface area contributed by atoms with Gasteiger partial charge in [-0.05, 0) is 51.1 Å². The maximum Gasteiger partial charge on any atom is 0.239 e. The molecule has 0 spiro atoms. The molecule has 3 aromatic heterocycles. The first-order chi connectivity index (χ1) is 14.3. The predicted molar refractivity (Wildman–Crippen MR) is 112 cm³/mol. The van der Waals surface area contributed by atoms with Gasteiger partial charge in [-0.1, -0.05) is 6.42 Å². The van der Waals surface area contributed by atoms with Crippen LogP contribution >= 0.6 is 0 Å². The lowest BCUT2D eigenvalue weighted by Gasteiger charge is -2.41. The van der Waals surface area contributed by atoms with Crippen molar-refractivity contribution in [3.05, 3.63) is 24.8 Å². The first-order valence-corrected chi connectivity index (χ1v) is 11.1. The molecule has 5 heterocycles. The van der Waals surface area contributed by atoms with Crippen molar-refractivity contribution in [2.75, 3.05) is 19.6 Å². The highest BCUT2D eigenvalue weighted by molar-refractivity contribution is 6.00. The van der Waals surface area contributed by atoms with Gasteiger partial charge >= 0.3 is 0 Å². The number of H-pyrrole nitrogens is 1. The maximum absolute atomic E-state index is 13.3. The van der Waals surface area contributed by atoms with Crippen molar-refractivity contribution in [1.82, 2.24) is 29.3 Å². The molecule has 152 valence electrons. The molecular weight excluding hydrogens is 364 g/mol. The van der Waals surface area contributed by atoms with E-state index in [4.69, 9.17) is 0 Å². The number of rotatable bonds is 3. The number of nitrogens with one attached hydrogen (secondary N) is 1. The quantitative estimate of drug-likeness (QED) is 0.744. The third-order valence-corrected chi connectivity index (χ3v) is 7.41.